The standard InChI is InChI=1S/C65H106O31/c1-24-11-16-65(60(84)96-58-49(82)44(77)40(73)32(91-58)23-86-54-50(83)45(78)52(31(21-68)90-54)94-57-48(81)43(76)39(72)30(20-67)89-57)18-17-63(7)27(36(65)25(24)2)9-10-34-62(6)14-13-35(61(4,5)33(62)12-15-64(34,63)8)92-59-53(95-55-46(79)41(74)37(70)26(3)87-55)51(28(69)22-85-59)93-56-47(80)42(75)38(71)29(19-66)88-56/h9,24-26,28-59,66-83H,10-23H2,1-8H3. The number of allylic oxidation sites excluding steroid dienone is 2. The van der Waals surface area contributed by atoms with Crippen molar-refractivity contribution < 1.29 is 154 Å². The van der Waals surface area contributed by atoms with Gasteiger partial charge in [0, 0.05) is 0 Å². The normalized spacial score (nSPS) is 55.1. The number of hydrogen-bond donors (Lipinski definition) is 18. The van der Waals surface area contributed by atoms with E-state index in [0.29, 0.717) is 44.9 Å². The van der Waals surface area contributed by atoms with Crippen LogP contribution in [0.4, 0.5) is 0 Å². The third kappa shape index (κ3) is 12.7. The summed E-state index contributed by atoms with van der Waals surface area (Å²) in [4.78, 5) is 15.4. The number of carbonyl (C=O) groups excluding carboxylic acids is 1. The summed E-state index contributed by atoms with van der Waals surface area (Å²) in [5, 5.41) is 194. The van der Waals surface area contributed by atoms with Crippen LogP contribution < -0.4 is 0 Å². The predicted molar refractivity (Wildman–Crippen MR) is 321 cm³/mol. The van der Waals surface area contributed by atoms with Crippen LogP contribution in [0.5, 0.6) is 0 Å². The second-order valence-electron chi connectivity index (χ2n) is 30.9. The van der Waals surface area contributed by atoms with Crippen LogP contribution in [-0.2, 0) is 61.6 Å². The van der Waals surface area contributed by atoms with Gasteiger partial charge in [-0.2, -0.15) is 0 Å². The second-order valence-corrected chi connectivity index (χ2v) is 30.9. The maximum Gasteiger partial charge on any atom is 0.315 e. The molecule has 10 fully saturated rings. The molecule has 39 atom stereocenters. The van der Waals surface area contributed by atoms with Gasteiger partial charge in [-0.25, -0.2) is 0 Å². The molecule has 0 bridgehead atoms. The maximum atomic E-state index is 15.4. The largest absolute Gasteiger partial charge is 0.432 e. The van der Waals surface area contributed by atoms with E-state index >= 15 is 4.79 Å². The molecular weight excluding hydrogens is 1280 g/mol. The van der Waals surface area contributed by atoms with Crippen LogP contribution in [0.2, 0.25) is 0 Å². The van der Waals surface area contributed by atoms with Crippen LogP contribution in [0.3, 0.4) is 0 Å². The van der Waals surface area contributed by atoms with Crippen molar-refractivity contribution in [1.82, 2.24) is 0 Å². The van der Waals surface area contributed by atoms with E-state index < -0.39 is 233 Å². The van der Waals surface area contributed by atoms with Crippen molar-refractivity contribution >= 4 is 5.97 Å². The third-order valence-corrected chi connectivity index (χ3v) is 25.6. The first kappa shape index (κ1) is 75.2. The summed E-state index contributed by atoms with van der Waals surface area (Å²) in [7, 11) is 0. The predicted octanol–water partition coefficient (Wildman–Crippen LogP) is -4.86. The molecule has 0 spiro atoms. The molecule has 6 aliphatic heterocycles. The van der Waals surface area contributed by atoms with E-state index in [1.54, 1.807) is 0 Å². The van der Waals surface area contributed by atoms with Gasteiger partial charge >= 0.3 is 5.97 Å². The molecule has 31 heteroatoms. The number of fused-ring (bicyclic) bond motifs is 7. The minimum absolute atomic E-state index is 0.0186. The molecule has 18 N–H and O–H groups in total. The molecule has 6 heterocycles. The zero-order valence-electron chi connectivity index (χ0n) is 55.5. The molecule has 96 heavy (non-hydrogen) atoms. The summed E-state index contributed by atoms with van der Waals surface area (Å²) in [6.07, 6.45) is -41.0. The molecule has 4 saturated carbocycles. The smallest absolute Gasteiger partial charge is 0.315 e. The van der Waals surface area contributed by atoms with Crippen molar-refractivity contribution in [2.24, 2.45) is 56.7 Å². The Balaban J connectivity index is 0.788. The molecule has 31 nitrogen and oxygen atoms in total. The lowest BCUT2D eigenvalue weighted by Crippen LogP contribution is -2.67. The lowest BCUT2D eigenvalue weighted by molar-refractivity contribution is -0.388. The van der Waals surface area contributed by atoms with E-state index in [1.165, 1.54) is 12.5 Å². The number of aliphatic hydroxyl groups is 18. The van der Waals surface area contributed by atoms with Gasteiger partial charge in [0.25, 0.3) is 0 Å². The zero-order chi connectivity index (χ0) is 70.0. The van der Waals surface area contributed by atoms with E-state index in [9.17, 15) is 91.9 Å². The molecule has 0 amide bonds. The van der Waals surface area contributed by atoms with Crippen LogP contribution in [0.1, 0.15) is 113 Å². The van der Waals surface area contributed by atoms with E-state index in [2.05, 4.69) is 54.5 Å². The summed E-state index contributed by atoms with van der Waals surface area (Å²) in [5.74, 6) is -0.590. The Kier molecular flexibility index (Phi) is 22.4. The Bertz CT molecular complexity index is 2680. The first-order chi connectivity index (χ1) is 45.1. The van der Waals surface area contributed by atoms with Crippen molar-refractivity contribution in [3.8, 4) is 0 Å². The zero-order valence-corrected chi connectivity index (χ0v) is 55.5. The van der Waals surface area contributed by atoms with Crippen LogP contribution in [0, 0.1) is 56.7 Å². The first-order valence-electron chi connectivity index (χ1n) is 34.2. The lowest BCUT2D eigenvalue weighted by Gasteiger charge is -2.71. The highest BCUT2D eigenvalue weighted by Gasteiger charge is 2.71. The van der Waals surface area contributed by atoms with Gasteiger partial charge in [-0.15, -0.1) is 0 Å². The molecule has 11 aliphatic rings. The molecule has 0 aromatic rings. The molecular formula is C65H106O31. The molecule has 0 aromatic carbocycles. The Hall–Kier alpha value is -1.95. The van der Waals surface area contributed by atoms with E-state index in [0.717, 1.165) is 12.8 Å². The second kappa shape index (κ2) is 28.6. The van der Waals surface area contributed by atoms with Gasteiger partial charge in [0.15, 0.2) is 31.5 Å². The number of aliphatic hydroxyl groups excluding tert-OH is 18. The van der Waals surface area contributed by atoms with Gasteiger partial charge in [-0.1, -0.05) is 60.1 Å². The highest BCUT2D eigenvalue weighted by molar-refractivity contribution is 5.79. The molecule has 11 rings (SSSR count). The van der Waals surface area contributed by atoms with Crippen LogP contribution in [0.25, 0.3) is 0 Å². The fraction of sp³-hybridized carbons (Fsp3) is 0.954. The number of esters is 1. The van der Waals surface area contributed by atoms with Crippen molar-refractivity contribution in [2.75, 3.05) is 33.0 Å². The number of ether oxygens (including phenoxy) is 12. The Morgan fingerprint density at radius 1 is 0.490 bits per heavy atom. The van der Waals surface area contributed by atoms with Gasteiger partial charge in [-0.05, 0) is 116 Å². The molecule has 0 aromatic heterocycles. The van der Waals surface area contributed by atoms with Crippen molar-refractivity contribution in [3.63, 3.8) is 0 Å². The number of hydrogen-bond acceptors (Lipinski definition) is 31. The van der Waals surface area contributed by atoms with Crippen LogP contribution in [-0.4, -0.2) is 315 Å². The van der Waals surface area contributed by atoms with E-state index in [4.69, 9.17) is 56.8 Å². The molecule has 0 radical (unpaired) electrons. The highest BCUT2D eigenvalue weighted by Crippen LogP contribution is 2.76. The van der Waals surface area contributed by atoms with Gasteiger partial charge in [0.1, 0.15) is 134 Å². The summed E-state index contributed by atoms with van der Waals surface area (Å²) in [5.41, 5.74) is -1.50. The average molecular weight is 1380 g/mol. The summed E-state index contributed by atoms with van der Waals surface area (Å²) in [6, 6.07) is 0. The summed E-state index contributed by atoms with van der Waals surface area (Å²) >= 11 is 0. The summed E-state index contributed by atoms with van der Waals surface area (Å²) in [6.45, 7) is 13.7. The van der Waals surface area contributed by atoms with E-state index in [-0.39, 0.29) is 47.0 Å². The van der Waals surface area contributed by atoms with E-state index in [1.807, 2.05) is 0 Å². The Morgan fingerprint density at radius 3 is 1.61 bits per heavy atom. The molecule has 552 valence electrons. The topological polar surface area (TPSA) is 492 Å². The third-order valence-electron chi connectivity index (χ3n) is 25.6. The highest BCUT2D eigenvalue weighted by atomic mass is 16.8. The monoisotopic (exact) mass is 1380 g/mol. The van der Waals surface area contributed by atoms with Crippen LogP contribution >= 0.6 is 0 Å². The van der Waals surface area contributed by atoms with Gasteiger partial charge < -0.3 is 149 Å². The Labute approximate surface area is 556 Å². The minimum atomic E-state index is -1.95. The average Bonchev–Trinajstić information content (AvgIpc) is 0.674. The fourth-order valence-corrected chi connectivity index (χ4v) is 19.3. The fourth-order valence-electron chi connectivity index (χ4n) is 19.3. The molecule has 6 saturated heterocycles. The van der Waals surface area contributed by atoms with Crippen molar-refractivity contribution in [1.29, 1.82) is 0 Å². The lowest BCUT2D eigenvalue weighted by atomic mass is 9.33. The number of rotatable bonds is 16. The SMILES string of the molecule is CC1CCC2(C(=O)OC3OC(COC4OC(CO)C(OC5OC(CO)C(O)C(O)C5O)C(O)C4O)C(O)C(O)C3O)CCC3(C)C(=CCC4C5(C)CCC(OC6OCC(O)C(OC7OC(CO)C(O)C(O)C7O)C6OC6OC(C)C(O)C(O)C6O)C(C)(C)C5CCC43C)C2C1C. The van der Waals surface area contributed by atoms with Gasteiger partial charge in [0.05, 0.1) is 50.7 Å². The Morgan fingerprint density at radius 2 is 1.01 bits per heavy atom. The quantitative estimate of drug-likeness (QED) is 0.0391. The van der Waals surface area contributed by atoms with Gasteiger partial charge in [-0.3, -0.25) is 4.79 Å². The number of carbonyl (C=O) groups is 1. The maximum absolute atomic E-state index is 15.4. The molecule has 5 aliphatic carbocycles. The van der Waals surface area contributed by atoms with Crippen LogP contribution in [0.15, 0.2) is 11.6 Å². The van der Waals surface area contributed by atoms with Crippen molar-refractivity contribution in [2.45, 2.75) is 297 Å². The summed E-state index contributed by atoms with van der Waals surface area (Å²) < 4.78 is 72.3. The van der Waals surface area contributed by atoms with Crippen molar-refractivity contribution in [3.05, 3.63) is 11.6 Å². The minimum Gasteiger partial charge on any atom is -0.432 e. The van der Waals surface area contributed by atoms with Gasteiger partial charge in [0.2, 0.25) is 6.29 Å². The molecule has 39 unspecified atom stereocenters. The first-order valence-corrected chi connectivity index (χ1v) is 34.2.